The fourth-order valence-corrected chi connectivity index (χ4v) is 1.51. The second kappa shape index (κ2) is 5.46. The van der Waals surface area contributed by atoms with Crippen molar-refractivity contribution in [2.45, 2.75) is 13.0 Å². The van der Waals surface area contributed by atoms with Crippen LogP contribution >= 0.6 is 0 Å². The molecule has 0 saturated carbocycles. The summed E-state index contributed by atoms with van der Waals surface area (Å²) in [6.07, 6.45) is 3.17. The van der Waals surface area contributed by atoms with Crippen molar-refractivity contribution < 1.29 is 9.90 Å². The van der Waals surface area contributed by atoms with Gasteiger partial charge in [0.05, 0.1) is 24.1 Å². The van der Waals surface area contributed by atoms with E-state index in [4.69, 9.17) is 5.11 Å². The van der Waals surface area contributed by atoms with Crippen molar-refractivity contribution in [2.24, 2.45) is 0 Å². The third-order valence-corrected chi connectivity index (χ3v) is 2.52. The molecule has 1 unspecified atom stereocenters. The first kappa shape index (κ1) is 12.3. The van der Waals surface area contributed by atoms with Gasteiger partial charge in [0, 0.05) is 12.2 Å². The van der Waals surface area contributed by atoms with E-state index in [1.54, 1.807) is 17.8 Å². The van der Waals surface area contributed by atoms with Crippen molar-refractivity contribution in [1.82, 2.24) is 15.1 Å². The van der Waals surface area contributed by atoms with Gasteiger partial charge in [-0.25, -0.2) is 4.68 Å². The standard InChI is InChI=1S/C13H15N3O2/c1-10(9-17)15-13(18)11-7-14-16(8-11)12-5-3-2-4-6-12/h2-8,10,17H,9H2,1H3,(H,15,18). The number of aliphatic hydroxyl groups is 1. The highest BCUT2D eigenvalue weighted by molar-refractivity contribution is 5.93. The molecule has 0 aliphatic heterocycles. The third-order valence-electron chi connectivity index (χ3n) is 2.52. The first-order valence-corrected chi connectivity index (χ1v) is 5.72. The fourth-order valence-electron chi connectivity index (χ4n) is 1.51. The van der Waals surface area contributed by atoms with Crippen LogP contribution in [0.5, 0.6) is 0 Å². The molecule has 0 aliphatic carbocycles. The lowest BCUT2D eigenvalue weighted by atomic mass is 10.3. The third kappa shape index (κ3) is 2.75. The van der Waals surface area contributed by atoms with Gasteiger partial charge in [0.2, 0.25) is 0 Å². The monoisotopic (exact) mass is 245 g/mol. The van der Waals surface area contributed by atoms with Crippen molar-refractivity contribution in [1.29, 1.82) is 0 Å². The van der Waals surface area contributed by atoms with E-state index < -0.39 is 0 Å². The summed E-state index contributed by atoms with van der Waals surface area (Å²) in [5, 5.41) is 15.7. The molecule has 0 fully saturated rings. The summed E-state index contributed by atoms with van der Waals surface area (Å²) in [6, 6.07) is 9.28. The molecule has 0 aliphatic rings. The van der Waals surface area contributed by atoms with Crippen molar-refractivity contribution in [3.05, 3.63) is 48.3 Å². The summed E-state index contributed by atoms with van der Waals surface area (Å²) in [7, 11) is 0. The molecule has 0 spiro atoms. The highest BCUT2D eigenvalue weighted by Gasteiger charge is 2.11. The number of aromatic nitrogens is 2. The van der Waals surface area contributed by atoms with Gasteiger partial charge in [0.25, 0.3) is 5.91 Å². The molecule has 0 saturated heterocycles. The van der Waals surface area contributed by atoms with Crippen LogP contribution in [0.15, 0.2) is 42.7 Å². The molecule has 1 amide bonds. The zero-order chi connectivity index (χ0) is 13.0. The number of carbonyl (C=O) groups excluding carboxylic acids is 1. The minimum atomic E-state index is -0.266. The van der Waals surface area contributed by atoms with E-state index in [1.165, 1.54) is 6.20 Å². The van der Waals surface area contributed by atoms with Crippen LogP contribution in [0.1, 0.15) is 17.3 Å². The number of nitrogens with zero attached hydrogens (tertiary/aromatic N) is 2. The second-order valence-corrected chi connectivity index (χ2v) is 4.07. The molecule has 1 aromatic heterocycles. The molecule has 5 nitrogen and oxygen atoms in total. The number of carbonyl (C=O) groups is 1. The number of hydrogen-bond donors (Lipinski definition) is 2. The summed E-state index contributed by atoms with van der Waals surface area (Å²) in [4.78, 5) is 11.8. The number of aliphatic hydroxyl groups excluding tert-OH is 1. The lowest BCUT2D eigenvalue weighted by Gasteiger charge is -2.08. The van der Waals surface area contributed by atoms with Crippen LogP contribution in [0.3, 0.4) is 0 Å². The molecular weight excluding hydrogens is 230 g/mol. The number of benzene rings is 1. The molecule has 18 heavy (non-hydrogen) atoms. The molecule has 1 atom stereocenters. The summed E-state index contributed by atoms with van der Waals surface area (Å²) in [5.41, 5.74) is 1.37. The van der Waals surface area contributed by atoms with Crippen LogP contribution < -0.4 is 5.32 Å². The van der Waals surface area contributed by atoms with Crippen molar-refractivity contribution in [3.8, 4) is 5.69 Å². The van der Waals surface area contributed by atoms with Crippen LogP contribution in [0, 0.1) is 0 Å². The Kier molecular flexibility index (Phi) is 3.74. The van der Waals surface area contributed by atoms with Crippen molar-refractivity contribution in [3.63, 3.8) is 0 Å². The smallest absolute Gasteiger partial charge is 0.254 e. The minimum absolute atomic E-state index is 0.0848. The quantitative estimate of drug-likeness (QED) is 0.844. The molecule has 2 N–H and O–H groups in total. The molecule has 2 rings (SSSR count). The van der Waals surface area contributed by atoms with Crippen LogP contribution in [0.2, 0.25) is 0 Å². The maximum atomic E-state index is 11.8. The van der Waals surface area contributed by atoms with E-state index in [0.717, 1.165) is 5.69 Å². The Labute approximate surface area is 105 Å². The van der Waals surface area contributed by atoms with Crippen LogP contribution in [-0.4, -0.2) is 33.4 Å². The summed E-state index contributed by atoms with van der Waals surface area (Å²) >= 11 is 0. The molecular formula is C13H15N3O2. The van der Waals surface area contributed by atoms with Crippen LogP contribution in [-0.2, 0) is 0 Å². The maximum Gasteiger partial charge on any atom is 0.254 e. The van der Waals surface area contributed by atoms with E-state index in [1.807, 2.05) is 30.3 Å². The highest BCUT2D eigenvalue weighted by Crippen LogP contribution is 2.07. The summed E-state index contributed by atoms with van der Waals surface area (Å²) in [5.74, 6) is -0.237. The predicted molar refractivity (Wildman–Crippen MR) is 67.6 cm³/mol. The van der Waals surface area contributed by atoms with Gasteiger partial charge in [-0.3, -0.25) is 4.79 Å². The molecule has 5 heteroatoms. The molecule has 1 heterocycles. The van der Waals surface area contributed by atoms with E-state index in [2.05, 4.69) is 10.4 Å². The molecule has 94 valence electrons. The average molecular weight is 245 g/mol. The van der Waals surface area contributed by atoms with Gasteiger partial charge in [-0.05, 0) is 19.1 Å². The lowest BCUT2D eigenvalue weighted by Crippen LogP contribution is -2.34. The van der Waals surface area contributed by atoms with Gasteiger partial charge in [0.1, 0.15) is 0 Å². The Morgan fingerprint density at radius 3 is 2.83 bits per heavy atom. The Bertz CT molecular complexity index is 522. The Morgan fingerprint density at radius 2 is 2.17 bits per heavy atom. The van der Waals surface area contributed by atoms with Gasteiger partial charge >= 0.3 is 0 Å². The van der Waals surface area contributed by atoms with E-state index in [9.17, 15) is 4.79 Å². The van der Waals surface area contributed by atoms with Crippen LogP contribution in [0.25, 0.3) is 5.69 Å². The molecule has 1 aromatic carbocycles. The largest absolute Gasteiger partial charge is 0.394 e. The fraction of sp³-hybridized carbons (Fsp3) is 0.231. The number of rotatable bonds is 4. The van der Waals surface area contributed by atoms with E-state index >= 15 is 0 Å². The van der Waals surface area contributed by atoms with Gasteiger partial charge in [-0.15, -0.1) is 0 Å². The zero-order valence-electron chi connectivity index (χ0n) is 10.1. The SMILES string of the molecule is CC(CO)NC(=O)c1cnn(-c2ccccc2)c1. The van der Waals surface area contributed by atoms with Crippen LogP contribution in [0.4, 0.5) is 0 Å². The first-order valence-electron chi connectivity index (χ1n) is 5.72. The Balaban J connectivity index is 2.13. The average Bonchev–Trinajstić information content (AvgIpc) is 2.89. The summed E-state index contributed by atoms with van der Waals surface area (Å²) < 4.78 is 1.64. The van der Waals surface area contributed by atoms with Gasteiger partial charge < -0.3 is 10.4 Å². The first-order chi connectivity index (χ1) is 8.70. The van der Waals surface area contributed by atoms with Crippen molar-refractivity contribution >= 4 is 5.91 Å². The normalized spacial score (nSPS) is 12.1. The van der Waals surface area contributed by atoms with E-state index in [-0.39, 0.29) is 18.6 Å². The Hall–Kier alpha value is -2.14. The predicted octanol–water partition coefficient (Wildman–Crippen LogP) is 0.983. The molecule has 2 aromatic rings. The number of para-hydroxylation sites is 1. The number of nitrogens with one attached hydrogen (secondary N) is 1. The topological polar surface area (TPSA) is 67.2 Å². The molecule has 0 bridgehead atoms. The van der Waals surface area contributed by atoms with Crippen molar-refractivity contribution in [2.75, 3.05) is 6.61 Å². The maximum absolute atomic E-state index is 11.8. The highest BCUT2D eigenvalue weighted by atomic mass is 16.3. The van der Waals surface area contributed by atoms with Gasteiger partial charge in [0.15, 0.2) is 0 Å². The molecule has 0 radical (unpaired) electrons. The minimum Gasteiger partial charge on any atom is -0.394 e. The zero-order valence-corrected chi connectivity index (χ0v) is 10.1. The number of hydrogen-bond acceptors (Lipinski definition) is 3. The number of amides is 1. The van der Waals surface area contributed by atoms with E-state index in [0.29, 0.717) is 5.56 Å². The summed E-state index contributed by atoms with van der Waals surface area (Å²) in [6.45, 7) is 1.65. The lowest BCUT2D eigenvalue weighted by molar-refractivity contribution is 0.0922. The second-order valence-electron chi connectivity index (χ2n) is 4.07. The van der Waals surface area contributed by atoms with Gasteiger partial charge in [-0.1, -0.05) is 18.2 Å². The Morgan fingerprint density at radius 1 is 1.44 bits per heavy atom. The van der Waals surface area contributed by atoms with Gasteiger partial charge in [-0.2, -0.15) is 5.10 Å².